The number of ether oxygens (including phenoxy) is 1. The van der Waals surface area contributed by atoms with Crippen molar-refractivity contribution in [1.82, 2.24) is 23.7 Å². The smallest absolute Gasteiger partial charge is 0.409 e. The number of nitrogens with zero attached hydrogens (tertiary/aromatic N) is 4. The second-order valence-electron chi connectivity index (χ2n) is 7.01. The van der Waals surface area contributed by atoms with Crippen LogP contribution in [-0.2, 0) is 14.9 Å². The SMILES string of the molecule is CCOC(=O)N1CCN(S(=O)(=O)N2CCC(N3CCNCC3)CC2)CC1. The summed E-state index contributed by atoms with van der Waals surface area (Å²) in [6.07, 6.45) is 1.42. The molecule has 3 saturated heterocycles. The van der Waals surface area contributed by atoms with Crippen LogP contribution >= 0.6 is 0 Å². The third kappa shape index (κ3) is 4.48. The number of rotatable bonds is 4. The molecule has 0 radical (unpaired) electrons. The Morgan fingerprint density at radius 2 is 1.54 bits per heavy atom. The molecule has 3 fully saturated rings. The number of nitrogens with one attached hydrogen (secondary N) is 1. The van der Waals surface area contributed by atoms with Gasteiger partial charge in [-0.2, -0.15) is 17.0 Å². The summed E-state index contributed by atoms with van der Waals surface area (Å²) in [7, 11) is -3.44. The number of hydrogen-bond donors (Lipinski definition) is 1. The molecule has 3 heterocycles. The van der Waals surface area contributed by atoms with Gasteiger partial charge in [-0.25, -0.2) is 4.79 Å². The highest BCUT2D eigenvalue weighted by atomic mass is 32.2. The summed E-state index contributed by atoms with van der Waals surface area (Å²) in [5, 5.41) is 3.36. The lowest BCUT2D eigenvalue weighted by atomic mass is 10.0. The second kappa shape index (κ2) is 8.83. The van der Waals surface area contributed by atoms with Crippen molar-refractivity contribution in [2.45, 2.75) is 25.8 Å². The molecule has 1 N–H and O–H groups in total. The Morgan fingerprint density at radius 1 is 0.962 bits per heavy atom. The Morgan fingerprint density at radius 3 is 2.12 bits per heavy atom. The molecular weight excluding hydrogens is 358 g/mol. The van der Waals surface area contributed by atoms with Crippen molar-refractivity contribution < 1.29 is 17.9 Å². The first kappa shape index (κ1) is 19.8. The van der Waals surface area contributed by atoms with Crippen molar-refractivity contribution in [3.05, 3.63) is 0 Å². The molecule has 0 aromatic rings. The molecule has 10 heteroatoms. The number of piperidine rings is 1. The van der Waals surface area contributed by atoms with Crippen LogP contribution in [0.5, 0.6) is 0 Å². The minimum absolute atomic E-state index is 0.332. The maximum Gasteiger partial charge on any atom is 0.409 e. The van der Waals surface area contributed by atoms with Crippen LogP contribution in [-0.4, -0.2) is 111 Å². The molecule has 150 valence electrons. The topological polar surface area (TPSA) is 85.4 Å². The van der Waals surface area contributed by atoms with Crippen molar-refractivity contribution in [2.75, 3.05) is 72.1 Å². The molecule has 3 aliphatic rings. The van der Waals surface area contributed by atoms with Crippen LogP contribution in [0.1, 0.15) is 19.8 Å². The van der Waals surface area contributed by atoms with Crippen molar-refractivity contribution in [3.63, 3.8) is 0 Å². The third-order valence-electron chi connectivity index (χ3n) is 5.51. The van der Waals surface area contributed by atoms with E-state index in [-0.39, 0.29) is 6.09 Å². The highest BCUT2D eigenvalue weighted by molar-refractivity contribution is 7.86. The van der Waals surface area contributed by atoms with Gasteiger partial charge in [-0.1, -0.05) is 0 Å². The van der Waals surface area contributed by atoms with Gasteiger partial charge in [-0.05, 0) is 19.8 Å². The van der Waals surface area contributed by atoms with Crippen LogP contribution in [0.2, 0.25) is 0 Å². The van der Waals surface area contributed by atoms with E-state index >= 15 is 0 Å². The molecule has 0 atom stereocenters. The molecule has 0 aliphatic carbocycles. The van der Waals surface area contributed by atoms with Crippen LogP contribution in [0.15, 0.2) is 0 Å². The summed E-state index contributed by atoms with van der Waals surface area (Å²) in [6, 6.07) is 0.490. The zero-order valence-electron chi connectivity index (χ0n) is 15.6. The lowest BCUT2D eigenvalue weighted by Gasteiger charge is -2.42. The van der Waals surface area contributed by atoms with E-state index in [2.05, 4.69) is 10.2 Å². The highest BCUT2D eigenvalue weighted by Crippen LogP contribution is 2.22. The summed E-state index contributed by atoms with van der Waals surface area (Å²) >= 11 is 0. The van der Waals surface area contributed by atoms with E-state index in [1.807, 2.05) is 0 Å². The molecule has 0 spiro atoms. The first-order chi connectivity index (χ1) is 12.5. The van der Waals surface area contributed by atoms with Crippen molar-refractivity contribution in [2.24, 2.45) is 0 Å². The van der Waals surface area contributed by atoms with Crippen LogP contribution in [0.3, 0.4) is 0 Å². The van der Waals surface area contributed by atoms with E-state index in [4.69, 9.17) is 4.74 Å². The Bertz CT molecular complexity index is 565. The van der Waals surface area contributed by atoms with Gasteiger partial charge in [-0.15, -0.1) is 0 Å². The number of amides is 1. The fraction of sp³-hybridized carbons (Fsp3) is 0.938. The van der Waals surface area contributed by atoms with Crippen molar-refractivity contribution >= 4 is 16.3 Å². The van der Waals surface area contributed by atoms with Gasteiger partial charge in [0.1, 0.15) is 0 Å². The maximum atomic E-state index is 12.9. The van der Waals surface area contributed by atoms with E-state index in [0.29, 0.717) is 51.9 Å². The summed E-state index contributed by atoms with van der Waals surface area (Å²) in [5.74, 6) is 0. The van der Waals surface area contributed by atoms with E-state index in [1.165, 1.54) is 4.31 Å². The van der Waals surface area contributed by atoms with Crippen molar-refractivity contribution in [3.8, 4) is 0 Å². The molecule has 9 nitrogen and oxygen atoms in total. The molecule has 1 amide bonds. The second-order valence-corrected chi connectivity index (χ2v) is 8.94. The van der Waals surface area contributed by atoms with E-state index < -0.39 is 10.2 Å². The number of carbonyl (C=O) groups excluding carboxylic acids is 1. The van der Waals surface area contributed by atoms with Gasteiger partial charge in [-0.3, -0.25) is 4.90 Å². The minimum atomic E-state index is -3.44. The summed E-state index contributed by atoms with van der Waals surface area (Å²) < 4.78 is 34.0. The quantitative estimate of drug-likeness (QED) is 0.690. The standard InChI is InChI=1S/C16H31N5O4S/c1-2-25-16(22)19-11-13-21(14-12-19)26(23,24)20-7-3-15(4-8-20)18-9-5-17-6-10-18/h15,17H,2-14H2,1H3. The Kier molecular flexibility index (Phi) is 6.73. The van der Waals surface area contributed by atoms with E-state index in [0.717, 1.165) is 39.0 Å². The van der Waals surface area contributed by atoms with Gasteiger partial charge in [0, 0.05) is 71.5 Å². The first-order valence-electron chi connectivity index (χ1n) is 9.64. The fourth-order valence-electron chi connectivity index (χ4n) is 3.96. The molecule has 0 saturated carbocycles. The first-order valence-corrected chi connectivity index (χ1v) is 11.0. The molecule has 26 heavy (non-hydrogen) atoms. The monoisotopic (exact) mass is 389 g/mol. The van der Waals surface area contributed by atoms with Gasteiger partial charge in [0.2, 0.25) is 0 Å². The lowest BCUT2D eigenvalue weighted by Crippen LogP contribution is -2.57. The van der Waals surface area contributed by atoms with Crippen LogP contribution in [0, 0.1) is 0 Å². The maximum absolute atomic E-state index is 12.9. The zero-order valence-corrected chi connectivity index (χ0v) is 16.4. The zero-order chi connectivity index (χ0) is 18.6. The van der Waals surface area contributed by atoms with Gasteiger partial charge >= 0.3 is 6.09 Å². The van der Waals surface area contributed by atoms with Gasteiger partial charge in [0.15, 0.2) is 0 Å². The van der Waals surface area contributed by atoms with Gasteiger partial charge < -0.3 is 15.0 Å². The van der Waals surface area contributed by atoms with E-state index in [9.17, 15) is 13.2 Å². The number of hydrogen-bond acceptors (Lipinski definition) is 6. The normalized spacial score (nSPS) is 25.3. The number of carbonyl (C=O) groups is 1. The number of piperazine rings is 2. The summed E-state index contributed by atoms with van der Waals surface area (Å²) in [5.41, 5.74) is 0. The molecular formula is C16H31N5O4S. The predicted octanol–water partition coefficient (Wildman–Crippen LogP) is -0.625. The highest BCUT2D eigenvalue weighted by Gasteiger charge is 2.36. The molecule has 0 aromatic carbocycles. The predicted molar refractivity (Wildman–Crippen MR) is 98.1 cm³/mol. The molecule has 0 aromatic heterocycles. The fourth-order valence-corrected chi connectivity index (χ4v) is 5.59. The Labute approximate surface area is 156 Å². The average Bonchev–Trinajstić information content (AvgIpc) is 2.69. The van der Waals surface area contributed by atoms with Crippen LogP contribution in [0.25, 0.3) is 0 Å². The third-order valence-corrected chi connectivity index (χ3v) is 7.54. The largest absolute Gasteiger partial charge is 0.450 e. The molecule has 3 rings (SSSR count). The van der Waals surface area contributed by atoms with Crippen molar-refractivity contribution in [1.29, 1.82) is 0 Å². The Hall–Kier alpha value is -0.940. The Balaban J connectivity index is 1.49. The summed E-state index contributed by atoms with van der Waals surface area (Å²) in [4.78, 5) is 15.8. The summed E-state index contributed by atoms with van der Waals surface area (Å²) in [6.45, 7) is 8.82. The van der Waals surface area contributed by atoms with E-state index in [1.54, 1.807) is 16.1 Å². The molecule has 3 aliphatic heterocycles. The average molecular weight is 390 g/mol. The molecule has 0 unspecified atom stereocenters. The van der Waals surface area contributed by atoms with Gasteiger partial charge in [0.05, 0.1) is 6.61 Å². The lowest BCUT2D eigenvalue weighted by molar-refractivity contribution is 0.0908. The molecule has 0 bridgehead atoms. The van der Waals surface area contributed by atoms with Crippen LogP contribution < -0.4 is 5.32 Å². The van der Waals surface area contributed by atoms with Crippen LogP contribution in [0.4, 0.5) is 4.79 Å². The van der Waals surface area contributed by atoms with Gasteiger partial charge in [0.25, 0.3) is 10.2 Å². The minimum Gasteiger partial charge on any atom is -0.450 e.